The second-order valence-corrected chi connectivity index (χ2v) is 4.21. The van der Waals surface area contributed by atoms with Crippen molar-refractivity contribution < 1.29 is 4.79 Å². The minimum Gasteiger partial charge on any atom is -0.352 e. The van der Waals surface area contributed by atoms with Crippen LogP contribution in [0.4, 0.5) is 0 Å². The third-order valence-electron chi connectivity index (χ3n) is 2.62. The number of nitrogens with one attached hydrogen (secondary N) is 2. The first-order valence-corrected chi connectivity index (χ1v) is 6.07. The Morgan fingerprint density at radius 1 is 1.38 bits per heavy atom. The van der Waals surface area contributed by atoms with Crippen LogP contribution in [0, 0.1) is 12.3 Å². The highest BCUT2D eigenvalue weighted by molar-refractivity contribution is 5.81. The van der Waals surface area contributed by atoms with E-state index >= 15 is 0 Å². The van der Waals surface area contributed by atoms with E-state index in [0.29, 0.717) is 0 Å². The number of hydrogen-bond donors (Lipinski definition) is 2. The number of carbonyl (C=O) groups excluding carboxylic acids is 1. The minimum absolute atomic E-state index is 0.0114. The van der Waals surface area contributed by atoms with Crippen LogP contribution in [0.3, 0.4) is 0 Å². The van der Waals surface area contributed by atoms with Crippen molar-refractivity contribution in [1.29, 1.82) is 0 Å². The van der Waals surface area contributed by atoms with E-state index in [4.69, 9.17) is 6.42 Å². The zero-order chi connectivity index (χ0) is 12.6. The molecule has 3 unspecified atom stereocenters. The van der Waals surface area contributed by atoms with E-state index < -0.39 is 0 Å². The van der Waals surface area contributed by atoms with Gasteiger partial charge in [-0.3, -0.25) is 10.1 Å². The molecular formula is C13H24N2O. The molecule has 16 heavy (non-hydrogen) atoms. The Kier molecular flexibility index (Phi) is 7.66. The SMILES string of the molecule is C#CC(CCC)NC(C)C(=O)NC(C)CC. The number of terminal acetylenes is 1. The summed E-state index contributed by atoms with van der Waals surface area (Å²) in [4.78, 5) is 11.7. The highest BCUT2D eigenvalue weighted by Crippen LogP contribution is 1.98. The molecule has 0 fully saturated rings. The summed E-state index contributed by atoms with van der Waals surface area (Å²) in [6, 6.07) is -0.0310. The molecule has 0 heterocycles. The maximum Gasteiger partial charge on any atom is 0.237 e. The quantitative estimate of drug-likeness (QED) is 0.646. The standard InChI is InChI=1S/C13H24N2O/c1-6-9-12(8-3)15-11(5)13(16)14-10(4)7-2/h3,10-12,15H,6-7,9H2,1-2,4-5H3,(H,14,16). The van der Waals surface area contributed by atoms with E-state index in [1.807, 2.05) is 20.8 Å². The highest BCUT2D eigenvalue weighted by atomic mass is 16.2. The van der Waals surface area contributed by atoms with Gasteiger partial charge in [-0.1, -0.05) is 26.2 Å². The molecule has 0 aliphatic heterocycles. The van der Waals surface area contributed by atoms with Gasteiger partial charge in [-0.05, 0) is 26.7 Å². The summed E-state index contributed by atoms with van der Waals surface area (Å²) < 4.78 is 0. The molecule has 0 saturated carbocycles. The molecule has 3 heteroatoms. The lowest BCUT2D eigenvalue weighted by molar-refractivity contribution is -0.123. The fourth-order valence-corrected chi connectivity index (χ4v) is 1.35. The Morgan fingerprint density at radius 2 is 2.00 bits per heavy atom. The lowest BCUT2D eigenvalue weighted by atomic mass is 10.1. The van der Waals surface area contributed by atoms with E-state index in [2.05, 4.69) is 23.5 Å². The van der Waals surface area contributed by atoms with Gasteiger partial charge in [0.15, 0.2) is 0 Å². The molecule has 0 aromatic heterocycles. The van der Waals surface area contributed by atoms with Gasteiger partial charge in [-0.2, -0.15) is 0 Å². The molecule has 0 aliphatic carbocycles. The fraction of sp³-hybridized carbons (Fsp3) is 0.769. The van der Waals surface area contributed by atoms with Crippen molar-refractivity contribution >= 4 is 5.91 Å². The highest BCUT2D eigenvalue weighted by Gasteiger charge is 2.16. The molecule has 2 N–H and O–H groups in total. The molecule has 0 saturated heterocycles. The molecule has 92 valence electrons. The molecule has 0 aromatic carbocycles. The van der Waals surface area contributed by atoms with Crippen LogP contribution in [-0.2, 0) is 4.79 Å². The Labute approximate surface area is 99.4 Å². The zero-order valence-electron chi connectivity index (χ0n) is 10.8. The van der Waals surface area contributed by atoms with Gasteiger partial charge in [0, 0.05) is 6.04 Å². The third-order valence-corrected chi connectivity index (χ3v) is 2.62. The molecule has 0 rings (SSSR count). The second kappa shape index (κ2) is 8.18. The molecule has 0 aromatic rings. The third kappa shape index (κ3) is 5.77. The van der Waals surface area contributed by atoms with Crippen LogP contribution in [0.5, 0.6) is 0 Å². The van der Waals surface area contributed by atoms with E-state index in [0.717, 1.165) is 19.3 Å². The molecule has 0 radical (unpaired) electrons. The smallest absolute Gasteiger partial charge is 0.237 e. The average Bonchev–Trinajstić information content (AvgIpc) is 2.27. The van der Waals surface area contributed by atoms with E-state index in [-0.39, 0.29) is 24.0 Å². The summed E-state index contributed by atoms with van der Waals surface area (Å²) in [6.45, 7) is 7.97. The van der Waals surface area contributed by atoms with Crippen LogP contribution in [0.2, 0.25) is 0 Å². The van der Waals surface area contributed by atoms with Gasteiger partial charge in [0.2, 0.25) is 5.91 Å². The predicted octanol–water partition coefficient (Wildman–Crippen LogP) is 1.68. The molecular weight excluding hydrogens is 200 g/mol. The van der Waals surface area contributed by atoms with Crippen molar-refractivity contribution in [3.05, 3.63) is 0 Å². The average molecular weight is 224 g/mol. The molecule has 0 spiro atoms. The topological polar surface area (TPSA) is 41.1 Å². The van der Waals surface area contributed by atoms with E-state index in [9.17, 15) is 4.79 Å². The predicted molar refractivity (Wildman–Crippen MR) is 68.0 cm³/mol. The van der Waals surface area contributed by atoms with Crippen molar-refractivity contribution in [2.24, 2.45) is 0 Å². The van der Waals surface area contributed by atoms with Gasteiger partial charge < -0.3 is 5.32 Å². The fourth-order valence-electron chi connectivity index (χ4n) is 1.35. The maximum atomic E-state index is 11.7. The van der Waals surface area contributed by atoms with Crippen molar-refractivity contribution in [1.82, 2.24) is 10.6 Å². The van der Waals surface area contributed by atoms with Gasteiger partial charge >= 0.3 is 0 Å². The molecule has 0 bridgehead atoms. The molecule has 0 aliphatic rings. The minimum atomic E-state index is -0.235. The largest absolute Gasteiger partial charge is 0.352 e. The summed E-state index contributed by atoms with van der Waals surface area (Å²) in [6.07, 6.45) is 8.24. The summed E-state index contributed by atoms with van der Waals surface area (Å²) >= 11 is 0. The van der Waals surface area contributed by atoms with Crippen molar-refractivity contribution in [3.63, 3.8) is 0 Å². The second-order valence-electron chi connectivity index (χ2n) is 4.21. The number of rotatable bonds is 7. The Morgan fingerprint density at radius 3 is 2.44 bits per heavy atom. The molecule has 3 nitrogen and oxygen atoms in total. The van der Waals surface area contributed by atoms with Gasteiger partial charge in [0.05, 0.1) is 12.1 Å². The van der Waals surface area contributed by atoms with Crippen LogP contribution in [0.1, 0.15) is 47.0 Å². The zero-order valence-corrected chi connectivity index (χ0v) is 10.8. The van der Waals surface area contributed by atoms with Crippen LogP contribution in [-0.4, -0.2) is 24.0 Å². The lowest BCUT2D eigenvalue weighted by Crippen LogP contribution is -2.48. The van der Waals surface area contributed by atoms with Crippen LogP contribution >= 0.6 is 0 Å². The summed E-state index contributed by atoms with van der Waals surface area (Å²) in [7, 11) is 0. The van der Waals surface area contributed by atoms with Crippen LogP contribution in [0.25, 0.3) is 0 Å². The first kappa shape index (κ1) is 15.0. The summed E-state index contributed by atoms with van der Waals surface area (Å²) in [5.74, 6) is 2.68. The monoisotopic (exact) mass is 224 g/mol. The van der Waals surface area contributed by atoms with Gasteiger partial charge in [0.25, 0.3) is 0 Å². The maximum absolute atomic E-state index is 11.7. The van der Waals surface area contributed by atoms with Gasteiger partial charge in [0.1, 0.15) is 0 Å². The van der Waals surface area contributed by atoms with Crippen molar-refractivity contribution in [2.45, 2.75) is 65.1 Å². The number of amides is 1. The Hall–Kier alpha value is -1.01. The summed E-state index contributed by atoms with van der Waals surface area (Å²) in [5.41, 5.74) is 0. The van der Waals surface area contributed by atoms with E-state index in [1.165, 1.54) is 0 Å². The van der Waals surface area contributed by atoms with Gasteiger partial charge in [-0.15, -0.1) is 6.42 Å². The number of carbonyl (C=O) groups is 1. The molecule has 1 amide bonds. The lowest BCUT2D eigenvalue weighted by Gasteiger charge is -2.20. The first-order valence-electron chi connectivity index (χ1n) is 6.07. The Balaban J connectivity index is 4.08. The first-order chi connectivity index (χ1) is 7.54. The van der Waals surface area contributed by atoms with E-state index in [1.54, 1.807) is 0 Å². The van der Waals surface area contributed by atoms with Gasteiger partial charge in [-0.25, -0.2) is 0 Å². The van der Waals surface area contributed by atoms with Crippen molar-refractivity contribution in [3.8, 4) is 12.3 Å². The van der Waals surface area contributed by atoms with Crippen LogP contribution in [0.15, 0.2) is 0 Å². The Bertz CT molecular complexity index is 245. The normalized spacial score (nSPS) is 15.9. The molecule has 3 atom stereocenters. The van der Waals surface area contributed by atoms with Crippen molar-refractivity contribution in [2.75, 3.05) is 0 Å². The van der Waals surface area contributed by atoms with Crippen LogP contribution < -0.4 is 10.6 Å². The summed E-state index contributed by atoms with van der Waals surface area (Å²) in [5, 5.41) is 6.08. The number of hydrogen-bond acceptors (Lipinski definition) is 2.